The molecule has 2 aliphatic rings. The minimum absolute atomic E-state index is 0.120. The van der Waals surface area contributed by atoms with Gasteiger partial charge in [-0.15, -0.1) is 11.8 Å². The fraction of sp³-hybridized carbons (Fsp3) is 0.818. The molecule has 0 saturated carbocycles. The Bertz CT molecular complexity index is 344. The molecule has 0 spiro atoms. The van der Waals surface area contributed by atoms with E-state index in [1.807, 2.05) is 0 Å². The number of carboxylic acids is 1. The van der Waals surface area contributed by atoms with E-state index >= 15 is 0 Å². The second-order valence-corrected chi connectivity index (χ2v) is 5.73. The SMILES string of the molecule is NCC1(C(=O)N2CSCC2C(=O)O)CCOCC1. The summed E-state index contributed by atoms with van der Waals surface area (Å²) in [6.07, 6.45) is 1.16. The first-order valence-corrected chi connectivity index (χ1v) is 7.16. The third kappa shape index (κ3) is 2.34. The molecule has 0 radical (unpaired) electrons. The first-order valence-electron chi connectivity index (χ1n) is 6.00. The third-order valence-corrected chi connectivity index (χ3v) is 4.73. The van der Waals surface area contributed by atoms with Crippen molar-refractivity contribution in [2.45, 2.75) is 18.9 Å². The number of aliphatic carboxylic acids is 1. The Labute approximate surface area is 110 Å². The summed E-state index contributed by atoms with van der Waals surface area (Å²) in [5, 5.41) is 9.12. The van der Waals surface area contributed by atoms with Gasteiger partial charge in [-0.3, -0.25) is 4.79 Å². The Morgan fingerprint density at radius 1 is 1.44 bits per heavy atom. The summed E-state index contributed by atoms with van der Waals surface area (Å²) in [6.45, 7) is 1.28. The normalized spacial score (nSPS) is 27.2. The fourth-order valence-electron chi connectivity index (χ4n) is 2.42. The molecule has 2 fully saturated rings. The van der Waals surface area contributed by atoms with E-state index in [4.69, 9.17) is 15.6 Å². The number of carbonyl (C=O) groups excluding carboxylic acids is 1. The van der Waals surface area contributed by atoms with Crippen molar-refractivity contribution in [3.05, 3.63) is 0 Å². The van der Waals surface area contributed by atoms with E-state index in [1.54, 1.807) is 0 Å². The van der Waals surface area contributed by atoms with E-state index in [9.17, 15) is 9.59 Å². The number of rotatable bonds is 3. The van der Waals surface area contributed by atoms with E-state index in [1.165, 1.54) is 16.7 Å². The third-order valence-electron chi connectivity index (χ3n) is 3.72. The van der Waals surface area contributed by atoms with Crippen LogP contribution in [0.3, 0.4) is 0 Å². The number of carbonyl (C=O) groups is 2. The van der Waals surface area contributed by atoms with Gasteiger partial charge in [0.15, 0.2) is 0 Å². The molecule has 2 aliphatic heterocycles. The van der Waals surface area contributed by atoms with Crippen LogP contribution in [0, 0.1) is 5.41 Å². The van der Waals surface area contributed by atoms with Gasteiger partial charge in [0.2, 0.25) is 5.91 Å². The highest BCUT2D eigenvalue weighted by Gasteiger charge is 2.46. The second-order valence-electron chi connectivity index (χ2n) is 4.73. The smallest absolute Gasteiger partial charge is 0.327 e. The summed E-state index contributed by atoms with van der Waals surface area (Å²) in [4.78, 5) is 25.2. The molecular weight excluding hydrogens is 256 g/mol. The molecule has 6 nitrogen and oxygen atoms in total. The number of hydrogen-bond donors (Lipinski definition) is 2. The van der Waals surface area contributed by atoms with E-state index in [2.05, 4.69) is 0 Å². The van der Waals surface area contributed by atoms with Gasteiger partial charge in [-0.25, -0.2) is 4.79 Å². The minimum atomic E-state index is -0.937. The Kier molecular flexibility index (Phi) is 4.14. The monoisotopic (exact) mass is 274 g/mol. The molecule has 102 valence electrons. The van der Waals surface area contributed by atoms with Crippen LogP contribution in [0.25, 0.3) is 0 Å². The predicted octanol–water partition coefficient (Wildman–Crippen LogP) is -0.272. The molecule has 0 aromatic heterocycles. The van der Waals surface area contributed by atoms with Crippen LogP contribution in [0.15, 0.2) is 0 Å². The van der Waals surface area contributed by atoms with Crippen molar-refractivity contribution in [3.8, 4) is 0 Å². The van der Waals surface area contributed by atoms with Gasteiger partial charge >= 0.3 is 5.97 Å². The number of hydrogen-bond acceptors (Lipinski definition) is 5. The van der Waals surface area contributed by atoms with Crippen molar-refractivity contribution >= 4 is 23.6 Å². The van der Waals surface area contributed by atoms with E-state index < -0.39 is 17.4 Å². The first kappa shape index (κ1) is 13.6. The van der Waals surface area contributed by atoms with Gasteiger partial charge < -0.3 is 20.5 Å². The van der Waals surface area contributed by atoms with Crippen molar-refractivity contribution in [3.63, 3.8) is 0 Å². The molecular formula is C11H18N2O4S. The van der Waals surface area contributed by atoms with Crippen molar-refractivity contribution in [1.82, 2.24) is 4.90 Å². The second kappa shape index (κ2) is 5.46. The molecule has 1 amide bonds. The number of carboxylic acid groups (broad SMARTS) is 1. The zero-order chi connectivity index (χ0) is 13.2. The van der Waals surface area contributed by atoms with Gasteiger partial charge in [0.1, 0.15) is 6.04 Å². The van der Waals surface area contributed by atoms with Gasteiger partial charge in [0.05, 0.1) is 11.3 Å². The molecule has 1 unspecified atom stereocenters. The molecule has 18 heavy (non-hydrogen) atoms. The molecule has 2 saturated heterocycles. The molecule has 1 atom stereocenters. The summed E-state index contributed by atoms with van der Waals surface area (Å²) in [5.41, 5.74) is 5.14. The molecule has 0 bridgehead atoms. The maximum atomic E-state index is 12.6. The van der Waals surface area contributed by atoms with Crippen molar-refractivity contribution in [1.29, 1.82) is 0 Å². The van der Waals surface area contributed by atoms with Crippen molar-refractivity contribution in [2.24, 2.45) is 11.1 Å². The highest BCUT2D eigenvalue weighted by Crippen LogP contribution is 2.35. The molecule has 0 aromatic rings. The highest BCUT2D eigenvalue weighted by atomic mass is 32.2. The topological polar surface area (TPSA) is 92.9 Å². The predicted molar refractivity (Wildman–Crippen MR) is 67.1 cm³/mol. The number of nitrogens with zero attached hydrogens (tertiary/aromatic N) is 1. The van der Waals surface area contributed by atoms with Crippen LogP contribution < -0.4 is 5.73 Å². The zero-order valence-electron chi connectivity index (χ0n) is 10.1. The summed E-state index contributed by atoms with van der Waals surface area (Å²) < 4.78 is 5.27. The van der Waals surface area contributed by atoms with Crippen LogP contribution in [-0.4, -0.2) is 59.3 Å². The van der Waals surface area contributed by atoms with Crippen LogP contribution in [0.4, 0.5) is 0 Å². The summed E-state index contributed by atoms with van der Waals surface area (Å²) in [5.74, 6) is -0.158. The van der Waals surface area contributed by atoms with Crippen LogP contribution in [0.1, 0.15) is 12.8 Å². The molecule has 0 aromatic carbocycles. The van der Waals surface area contributed by atoms with Gasteiger partial charge in [-0.2, -0.15) is 0 Å². The lowest BCUT2D eigenvalue weighted by molar-refractivity contribution is -0.155. The van der Waals surface area contributed by atoms with Crippen LogP contribution in [0.2, 0.25) is 0 Å². The molecule has 2 rings (SSSR count). The lowest BCUT2D eigenvalue weighted by atomic mass is 9.78. The number of amides is 1. The largest absolute Gasteiger partial charge is 0.480 e. The average molecular weight is 274 g/mol. The van der Waals surface area contributed by atoms with Gasteiger partial charge in [0.25, 0.3) is 0 Å². The number of nitrogens with two attached hydrogens (primary N) is 1. The van der Waals surface area contributed by atoms with Gasteiger partial charge in [-0.1, -0.05) is 0 Å². The molecule has 2 heterocycles. The van der Waals surface area contributed by atoms with Gasteiger partial charge in [-0.05, 0) is 12.8 Å². The van der Waals surface area contributed by atoms with E-state index in [0.29, 0.717) is 37.7 Å². The maximum absolute atomic E-state index is 12.6. The lowest BCUT2D eigenvalue weighted by Crippen LogP contribution is -2.54. The Morgan fingerprint density at radius 2 is 2.11 bits per heavy atom. The Balaban J connectivity index is 2.15. The summed E-state index contributed by atoms with van der Waals surface area (Å²) in [7, 11) is 0. The fourth-order valence-corrected chi connectivity index (χ4v) is 3.56. The summed E-state index contributed by atoms with van der Waals surface area (Å²) >= 11 is 1.47. The van der Waals surface area contributed by atoms with Gasteiger partial charge in [0, 0.05) is 25.5 Å². The van der Waals surface area contributed by atoms with Crippen LogP contribution in [0.5, 0.6) is 0 Å². The first-order chi connectivity index (χ1) is 8.60. The summed E-state index contributed by atoms with van der Waals surface area (Å²) in [6, 6.07) is -0.714. The average Bonchev–Trinajstić information content (AvgIpc) is 2.88. The molecule has 0 aliphatic carbocycles. The highest BCUT2D eigenvalue weighted by molar-refractivity contribution is 7.99. The van der Waals surface area contributed by atoms with Crippen molar-refractivity contribution < 1.29 is 19.4 Å². The van der Waals surface area contributed by atoms with Crippen molar-refractivity contribution in [2.75, 3.05) is 31.4 Å². The quantitative estimate of drug-likeness (QED) is 0.736. The maximum Gasteiger partial charge on any atom is 0.327 e. The number of thioether (sulfide) groups is 1. The lowest BCUT2D eigenvalue weighted by Gasteiger charge is -2.38. The standard InChI is InChI=1S/C11H18N2O4S/c12-6-11(1-3-17-4-2-11)10(16)13-7-18-5-8(13)9(14)15/h8H,1-7,12H2,(H,14,15). The molecule has 3 N–H and O–H groups in total. The molecule has 7 heteroatoms. The van der Waals surface area contributed by atoms with Crippen LogP contribution >= 0.6 is 11.8 Å². The Hall–Kier alpha value is -0.790. The van der Waals surface area contributed by atoms with E-state index in [-0.39, 0.29) is 12.5 Å². The van der Waals surface area contributed by atoms with Crippen LogP contribution in [-0.2, 0) is 14.3 Å². The zero-order valence-corrected chi connectivity index (χ0v) is 10.9. The Morgan fingerprint density at radius 3 is 2.67 bits per heavy atom. The number of ether oxygens (including phenoxy) is 1. The van der Waals surface area contributed by atoms with E-state index in [0.717, 1.165) is 0 Å². The minimum Gasteiger partial charge on any atom is -0.480 e.